The molecule has 0 unspecified atom stereocenters. The van der Waals surface area contributed by atoms with E-state index in [1.54, 1.807) is 12.1 Å². The Balaban J connectivity index is 2.18. The molecule has 0 aromatic carbocycles. The first-order valence-corrected chi connectivity index (χ1v) is 6.05. The van der Waals surface area contributed by atoms with E-state index in [2.05, 4.69) is 16.8 Å². The number of aromatic nitrogens is 1. The van der Waals surface area contributed by atoms with Crippen molar-refractivity contribution < 1.29 is 15.0 Å². The first kappa shape index (κ1) is 12.6. The van der Waals surface area contributed by atoms with Crippen LogP contribution in [0.2, 0.25) is 0 Å². The number of aromatic carboxylic acids is 1. The summed E-state index contributed by atoms with van der Waals surface area (Å²) in [6.07, 6.45) is 4.45. The van der Waals surface area contributed by atoms with Crippen LogP contribution in [0.3, 0.4) is 0 Å². The van der Waals surface area contributed by atoms with Crippen LogP contribution in [0.15, 0.2) is 18.2 Å². The second-order valence-corrected chi connectivity index (χ2v) is 4.56. The maximum absolute atomic E-state index is 10.8. The van der Waals surface area contributed by atoms with E-state index in [0.717, 1.165) is 19.3 Å². The smallest absolute Gasteiger partial charge is 0.354 e. The minimum Gasteiger partial charge on any atom is -0.477 e. The summed E-state index contributed by atoms with van der Waals surface area (Å²) >= 11 is 0. The molecular weight excluding hydrogens is 230 g/mol. The van der Waals surface area contributed by atoms with E-state index in [1.165, 1.54) is 6.07 Å². The third-order valence-corrected chi connectivity index (χ3v) is 3.07. The third-order valence-electron chi connectivity index (χ3n) is 3.07. The highest BCUT2D eigenvalue weighted by Crippen LogP contribution is 2.27. The number of carbonyl (C=O) groups is 1. The number of aliphatic hydroxyl groups is 1. The molecule has 4 nitrogen and oxygen atoms in total. The van der Waals surface area contributed by atoms with Gasteiger partial charge in [0, 0.05) is 0 Å². The maximum atomic E-state index is 10.8. The molecule has 0 saturated heterocycles. The van der Waals surface area contributed by atoms with Crippen LogP contribution in [-0.4, -0.2) is 26.8 Å². The fourth-order valence-electron chi connectivity index (χ4n) is 2.07. The maximum Gasteiger partial charge on any atom is 0.354 e. The van der Waals surface area contributed by atoms with Crippen LogP contribution in [-0.2, 0) is 0 Å². The van der Waals surface area contributed by atoms with E-state index in [0.29, 0.717) is 18.5 Å². The molecule has 1 heterocycles. The van der Waals surface area contributed by atoms with Gasteiger partial charge in [0.1, 0.15) is 17.0 Å². The summed E-state index contributed by atoms with van der Waals surface area (Å²) in [6.45, 7) is 0. The number of pyridine rings is 1. The summed E-state index contributed by atoms with van der Waals surface area (Å²) in [7, 11) is 0. The highest BCUT2D eigenvalue weighted by atomic mass is 16.4. The van der Waals surface area contributed by atoms with Gasteiger partial charge >= 0.3 is 5.97 Å². The Labute approximate surface area is 106 Å². The van der Waals surface area contributed by atoms with Crippen molar-refractivity contribution in [2.24, 2.45) is 0 Å². The third kappa shape index (κ3) is 3.08. The summed E-state index contributed by atoms with van der Waals surface area (Å²) in [5, 5.41) is 19.0. The van der Waals surface area contributed by atoms with E-state index in [-0.39, 0.29) is 5.69 Å². The number of carboxylic acid groups (broad SMARTS) is 1. The molecule has 0 aliphatic heterocycles. The Morgan fingerprint density at radius 1 is 1.28 bits per heavy atom. The Morgan fingerprint density at radius 2 is 2.00 bits per heavy atom. The van der Waals surface area contributed by atoms with Crippen LogP contribution >= 0.6 is 0 Å². The molecule has 1 aromatic rings. The summed E-state index contributed by atoms with van der Waals surface area (Å²) in [5.74, 6) is 4.53. The van der Waals surface area contributed by atoms with E-state index in [9.17, 15) is 9.90 Å². The number of carboxylic acids is 1. The summed E-state index contributed by atoms with van der Waals surface area (Å²) in [4.78, 5) is 14.7. The summed E-state index contributed by atoms with van der Waals surface area (Å²) < 4.78 is 0. The van der Waals surface area contributed by atoms with Crippen molar-refractivity contribution in [2.45, 2.75) is 37.7 Å². The Kier molecular flexibility index (Phi) is 3.63. The van der Waals surface area contributed by atoms with Gasteiger partial charge in [0.25, 0.3) is 0 Å². The normalized spacial score (nSPS) is 17.6. The van der Waals surface area contributed by atoms with Crippen molar-refractivity contribution in [2.75, 3.05) is 0 Å². The molecule has 0 bridgehead atoms. The summed E-state index contributed by atoms with van der Waals surface area (Å²) in [6, 6.07) is 4.67. The van der Waals surface area contributed by atoms with Gasteiger partial charge in [-0.25, -0.2) is 9.78 Å². The van der Waals surface area contributed by atoms with Crippen LogP contribution < -0.4 is 0 Å². The largest absolute Gasteiger partial charge is 0.477 e. The number of hydrogen-bond acceptors (Lipinski definition) is 3. The van der Waals surface area contributed by atoms with Crippen LogP contribution in [0, 0.1) is 11.8 Å². The first-order valence-electron chi connectivity index (χ1n) is 6.05. The van der Waals surface area contributed by atoms with Gasteiger partial charge in [-0.1, -0.05) is 18.4 Å². The fraction of sp³-hybridized carbons (Fsp3) is 0.429. The van der Waals surface area contributed by atoms with Gasteiger partial charge in [0.05, 0.1) is 0 Å². The lowest BCUT2D eigenvalue weighted by Gasteiger charge is -2.26. The van der Waals surface area contributed by atoms with Gasteiger partial charge in [-0.2, -0.15) is 0 Å². The van der Waals surface area contributed by atoms with Gasteiger partial charge in [-0.3, -0.25) is 0 Å². The molecule has 0 radical (unpaired) electrons. The van der Waals surface area contributed by atoms with E-state index in [1.807, 2.05) is 0 Å². The van der Waals surface area contributed by atoms with Gasteiger partial charge in [0.15, 0.2) is 0 Å². The number of nitrogens with zero attached hydrogens (tertiary/aromatic N) is 1. The zero-order chi connectivity index (χ0) is 13.0. The Hall–Kier alpha value is -1.86. The van der Waals surface area contributed by atoms with Gasteiger partial charge < -0.3 is 10.2 Å². The molecule has 1 aliphatic rings. The monoisotopic (exact) mass is 245 g/mol. The van der Waals surface area contributed by atoms with Gasteiger partial charge in [-0.05, 0) is 43.7 Å². The van der Waals surface area contributed by atoms with E-state index in [4.69, 9.17) is 5.11 Å². The molecular formula is C14H15NO3. The molecule has 1 aromatic heterocycles. The van der Waals surface area contributed by atoms with Gasteiger partial charge in [-0.15, -0.1) is 0 Å². The van der Waals surface area contributed by atoms with Crippen molar-refractivity contribution in [1.29, 1.82) is 0 Å². The quantitative estimate of drug-likeness (QED) is 0.740. The van der Waals surface area contributed by atoms with Crippen molar-refractivity contribution in [3.63, 3.8) is 0 Å². The van der Waals surface area contributed by atoms with Crippen molar-refractivity contribution >= 4 is 5.97 Å². The van der Waals surface area contributed by atoms with Crippen LogP contribution in [0.4, 0.5) is 0 Å². The highest BCUT2D eigenvalue weighted by Gasteiger charge is 2.26. The lowest BCUT2D eigenvalue weighted by molar-refractivity contribution is 0.0610. The molecule has 0 spiro atoms. The average molecular weight is 245 g/mol. The average Bonchev–Trinajstić information content (AvgIpc) is 2.38. The lowest BCUT2D eigenvalue weighted by atomic mass is 9.85. The molecule has 0 amide bonds. The van der Waals surface area contributed by atoms with Crippen molar-refractivity contribution in [3.05, 3.63) is 29.6 Å². The Morgan fingerprint density at radius 3 is 2.67 bits per heavy atom. The standard InChI is InChI=1S/C14H15NO3/c16-13(17)12-6-4-5-11(15-12)7-10-14(18)8-2-1-3-9-14/h4-6,18H,1-3,8-9H2,(H,16,17). The SMILES string of the molecule is O=C(O)c1cccc(C#CC2(O)CCCCC2)n1. The summed E-state index contributed by atoms with van der Waals surface area (Å²) in [5.41, 5.74) is -0.578. The van der Waals surface area contributed by atoms with Crippen molar-refractivity contribution in [3.8, 4) is 11.8 Å². The zero-order valence-electron chi connectivity index (χ0n) is 10.0. The van der Waals surface area contributed by atoms with Crippen molar-refractivity contribution in [1.82, 2.24) is 4.98 Å². The molecule has 0 atom stereocenters. The Bertz CT molecular complexity index is 507. The second kappa shape index (κ2) is 5.19. The molecule has 1 saturated carbocycles. The molecule has 2 N–H and O–H groups in total. The highest BCUT2D eigenvalue weighted by molar-refractivity contribution is 5.85. The van der Waals surface area contributed by atoms with Crippen LogP contribution in [0.25, 0.3) is 0 Å². The topological polar surface area (TPSA) is 70.4 Å². The first-order chi connectivity index (χ1) is 8.59. The molecule has 4 heteroatoms. The molecule has 1 aliphatic carbocycles. The van der Waals surface area contributed by atoms with E-state index < -0.39 is 11.6 Å². The van der Waals surface area contributed by atoms with Gasteiger partial charge in [0.2, 0.25) is 0 Å². The minimum absolute atomic E-state index is 0.0302. The van der Waals surface area contributed by atoms with Crippen LogP contribution in [0.1, 0.15) is 48.3 Å². The van der Waals surface area contributed by atoms with E-state index >= 15 is 0 Å². The molecule has 1 fully saturated rings. The molecule has 94 valence electrons. The predicted molar refractivity (Wildman–Crippen MR) is 66.1 cm³/mol. The predicted octanol–water partition coefficient (Wildman–Crippen LogP) is 1.83. The van der Waals surface area contributed by atoms with Crippen LogP contribution in [0.5, 0.6) is 0 Å². The fourth-order valence-corrected chi connectivity index (χ4v) is 2.07. The minimum atomic E-state index is -1.07. The second-order valence-electron chi connectivity index (χ2n) is 4.56. The molecule has 2 rings (SSSR count). The number of rotatable bonds is 1. The zero-order valence-corrected chi connectivity index (χ0v) is 10.0. The molecule has 18 heavy (non-hydrogen) atoms. The lowest BCUT2D eigenvalue weighted by Crippen LogP contribution is -2.29. The number of hydrogen-bond donors (Lipinski definition) is 2.